The van der Waals surface area contributed by atoms with E-state index < -0.39 is 5.91 Å². The van der Waals surface area contributed by atoms with Crippen LogP contribution in [0.2, 0.25) is 0 Å². The third kappa shape index (κ3) is 2.03. The van der Waals surface area contributed by atoms with Crippen LogP contribution in [-0.2, 0) is 11.3 Å². The van der Waals surface area contributed by atoms with E-state index in [0.29, 0.717) is 3.57 Å². The number of nitrogens with zero attached hydrogens (tertiary/aromatic N) is 2. The Hall–Kier alpha value is -0.920. The third-order valence-corrected chi connectivity index (χ3v) is 1.93. The molecule has 64 valence electrons. The molecule has 0 fully saturated rings. The first-order valence-corrected chi connectivity index (χ1v) is 4.17. The molecule has 1 aromatic heterocycles. The van der Waals surface area contributed by atoms with Crippen LogP contribution in [0.3, 0.4) is 0 Å². The summed E-state index contributed by atoms with van der Waals surface area (Å²) in [6.45, 7) is -0.122. The zero-order valence-electron chi connectivity index (χ0n) is 6.03. The molecule has 0 aliphatic carbocycles. The highest BCUT2D eigenvalue weighted by Gasteiger charge is 2.02. The first-order chi connectivity index (χ1) is 5.61. The van der Waals surface area contributed by atoms with E-state index in [4.69, 9.17) is 5.73 Å². The average Bonchev–Trinajstić information content (AvgIpc) is 1.98. The van der Waals surface area contributed by atoms with Gasteiger partial charge in [-0.15, -0.1) is 0 Å². The van der Waals surface area contributed by atoms with Crippen molar-refractivity contribution in [2.45, 2.75) is 6.54 Å². The molecule has 6 heteroatoms. The number of halogens is 1. The van der Waals surface area contributed by atoms with E-state index in [9.17, 15) is 9.59 Å². The van der Waals surface area contributed by atoms with Crippen molar-refractivity contribution in [2.24, 2.45) is 5.73 Å². The van der Waals surface area contributed by atoms with Crippen LogP contribution in [-0.4, -0.2) is 15.5 Å². The molecule has 1 aromatic rings. The lowest BCUT2D eigenvalue weighted by atomic mass is 10.5. The van der Waals surface area contributed by atoms with Gasteiger partial charge in [0.2, 0.25) is 5.91 Å². The average molecular weight is 279 g/mol. The number of hydrogen-bond donors (Lipinski definition) is 1. The molecule has 0 aliphatic rings. The Morgan fingerprint density at radius 2 is 2.42 bits per heavy atom. The highest BCUT2D eigenvalue weighted by Crippen LogP contribution is 1.92. The minimum Gasteiger partial charge on any atom is -0.368 e. The molecule has 1 amide bonds. The number of rotatable bonds is 2. The summed E-state index contributed by atoms with van der Waals surface area (Å²) in [4.78, 5) is 25.4. The molecule has 0 unspecified atom stereocenters. The Morgan fingerprint density at radius 3 is 3.00 bits per heavy atom. The molecule has 0 atom stereocenters. The molecule has 5 nitrogen and oxygen atoms in total. The molecule has 0 spiro atoms. The van der Waals surface area contributed by atoms with Crippen molar-refractivity contribution in [3.8, 4) is 0 Å². The second-order valence-corrected chi connectivity index (χ2v) is 3.30. The van der Waals surface area contributed by atoms with Crippen LogP contribution in [0.15, 0.2) is 17.3 Å². The minimum atomic E-state index is -0.555. The lowest BCUT2D eigenvalue weighted by Crippen LogP contribution is -2.29. The fraction of sp³-hybridized carbons (Fsp3) is 0.167. The summed E-state index contributed by atoms with van der Waals surface area (Å²) in [7, 11) is 0. The van der Waals surface area contributed by atoms with Crippen LogP contribution < -0.4 is 11.3 Å². The van der Waals surface area contributed by atoms with Gasteiger partial charge in [0.15, 0.2) is 0 Å². The topological polar surface area (TPSA) is 78.0 Å². The summed E-state index contributed by atoms with van der Waals surface area (Å²) in [5.74, 6) is -0.555. The Bertz CT molecular complexity index is 360. The van der Waals surface area contributed by atoms with E-state index in [1.54, 1.807) is 0 Å². The van der Waals surface area contributed by atoms with E-state index in [1.165, 1.54) is 17.1 Å². The summed E-state index contributed by atoms with van der Waals surface area (Å²) in [6.07, 6.45) is 2.72. The molecule has 0 saturated carbocycles. The molecular formula is C6H6IN3O2. The number of carbonyl (C=O) groups is 1. The Balaban J connectivity index is 3.09. The summed E-state index contributed by atoms with van der Waals surface area (Å²) < 4.78 is 1.64. The van der Waals surface area contributed by atoms with Crippen LogP contribution >= 0.6 is 22.6 Å². The Labute approximate surface area is 81.7 Å². The molecule has 12 heavy (non-hydrogen) atoms. The normalized spacial score (nSPS) is 9.75. The quantitative estimate of drug-likeness (QED) is 0.729. The molecule has 0 radical (unpaired) electrons. The SMILES string of the molecule is NC(=O)Cn1cncc(I)c1=O. The van der Waals surface area contributed by atoms with Gasteiger partial charge < -0.3 is 5.73 Å². The molecule has 0 bridgehead atoms. The summed E-state index contributed by atoms with van der Waals surface area (Å²) in [6, 6.07) is 0. The fourth-order valence-electron chi connectivity index (χ4n) is 0.705. The maximum Gasteiger partial charge on any atom is 0.267 e. The van der Waals surface area contributed by atoms with Crippen molar-refractivity contribution in [2.75, 3.05) is 0 Å². The summed E-state index contributed by atoms with van der Waals surface area (Å²) in [5, 5.41) is 0. The van der Waals surface area contributed by atoms with Gasteiger partial charge in [0.05, 0.1) is 9.90 Å². The first kappa shape index (κ1) is 9.17. The monoisotopic (exact) mass is 279 g/mol. The minimum absolute atomic E-state index is 0.122. The first-order valence-electron chi connectivity index (χ1n) is 3.09. The molecule has 2 N–H and O–H groups in total. The fourth-order valence-corrected chi connectivity index (χ4v) is 1.18. The highest BCUT2D eigenvalue weighted by molar-refractivity contribution is 14.1. The van der Waals surface area contributed by atoms with Gasteiger partial charge in [-0.2, -0.15) is 0 Å². The van der Waals surface area contributed by atoms with Crippen LogP contribution in [0.25, 0.3) is 0 Å². The highest BCUT2D eigenvalue weighted by atomic mass is 127. The second-order valence-electron chi connectivity index (χ2n) is 2.14. The number of primary amides is 1. The largest absolute Gasteiger partial charge is 0.368 e. The Morgan fingerprint density at radius 1 is 1.75 bits per heavy atom. The smallest absolute Gasteiger partial charge is 0.267 e. The van der Waals surface area contributed by atoms with E-state index in [1.807, 2.05) is 22.6 Å². The van der Waals surface area contributed by atoms with Gasteiger partial charge in [-0.1, -0.05) is 0 Å². The lowest BCUT2D eigenvalue weighted by molar-refractivity contribution is -0.118. The van der Waals surface area contributed by atoms with E-state index in [2.05, 4.69) is 4.98 Å². The van der Waals surface area contributed by atoms with Gasteiger partial charge in [-0.05, 0) is 22.6 Å². The predicted octanol–water partition coefficient (Wildman–Crippen LogP) is -0.667. The third-order valence-electron chi connectivity index (χ3n) is 1.19. The van der Waals surface area contributed by atoms with Crippen LogP contribution in [0, 0.1) is 3.57 Å². The molecule has 0 aliphatic heterocycles. The van der Waals surface area contributed by atoms with E-state index >= 15 is 0 Å². The molecule has 0 aromatic carbocycles. The second kappa shape index (κ2) is 3.65. The Kier molecular flexibility index (Phi) is 2.79. The number of carbonyl (C=O) groups excluding carboxylic acids is 1. The van der Waals surface area contributed by atoms with Crippen LogP contribution in [0.1, 0.15) is 0 Å². The van der Waals surface area contributed by atoms with Gasteiger partial charge >= 0.3 is 0 Å². The van der Waals surface area contributed by atoms with Gasteiger partial charge in [0, 0.05) is 6.20 Å². The van der Waals surface area contributed by atoms with Gasteiger partial charge in [-0.25, -0.2) is 4.98 Å². The number of nitrogens with two attached hydrogens (primary N) is 1. The van der Waals surface area contributed by atoms with Gasteiger partial charge in [-0.3, -0.25) is 14.2 Å². The van der Waals surface area contributed by atoms with Crippen molar-refractivity contribution in [3.05, 3.63) is 26.4 Å². The number of hydrogen-bond acceptors (Lipinski definition) is 3. The van der Waals surface area contributed by atoms with Gasteiger partial charge in [0.1, 0.15) is 6.54 Å². The predicted molar refractivity (Wildman–Crippen MR) is 50.4 cm³/mol. The maximum atomic E-state index is 11.2. The maximum absolute atomic E-state index is 11.2. The van der Waals surface area contributed by atoms with Crippen molar-refractivity contribution < 1.29 is 4.79 Å². The zero-order chi connectivity index (χ0) is 9.14. The lowest BCUT2D eigenvalue weighted by Gasteiger charge is -2.00. The van der Waals surface area contributed by atoms with E-state index in [0.717, 1.165) is 0 Å². The van der Waals surface area contributed by atoms with Crippen molar-refractivity contribution in [3.63, 3.8) is 0 Å². The summed E-state index contributed by atoms with van der Waals surface area (Å²) in [5.41, 5.74) is 4.67. The molecule has 1 heterocycles. The van der Waals surface area contributed by atoms with Crippen molar-refractivity contribution in [1.82, 2.24) is 9.55 Å². The standard InChI is InChI=1S/C6H6IN3O2/c7-4-1-9-3-10(6(4)12)2-5(8)11/h1,3H,2H2,(H2,8,11). The van der Waals surface area contributed by atoms with Crippen molar-refractivity contribution >= 4 is 28.5 Å². The number of amides is 1. The zero-order valence-corrected chi connectivity index (χ0v) is 8.19. The molecule has 1 rings (SSSR count). The summed E-state index contributed by atoms with van der Waals surface area (Å²) >= 11 is 1.85. The van der Waals surface area contributed by atoms with Crippen molar-refractivity contribution in [1.29, 1.82) is 0 Å². The van der Waals surface area contributed by atoms with E-state index in [-0.39, 0.29) is 12.1 Å². The molecule has 0 saturated heterocycles. The van der Waals surface area contributed by atoms with Crippen LogP contribution in [0.5, 0.6) is 0 Å². The van der Waals surface area contributed by atoms with Gasteiger partial charge in [0.25, 0.3) is 5.56 Å². The number of aromatic nitrogens is 2. The molecular weight excluding hydrogens is 273 g/mol. The van der Waals surface area contributed by atoms with Crippen LogP contribution in [0.4, 0.5) is 0 Å².